The Balaban J connectivity index is 0. The van der Waals surface area contributed by atoms with E-state index in [1.54, 1.807) is 6.92 Å². The summed E-state index contributed by atoms with van der Waals surface area (Å²) < 4.78 is 24.6. The Morgan fingerprint density at radius 3 is 1.46 bits per heavy atom. The van der Waals surface area contributed by atoms with Crippen LogP contribution in [0.25, 0.3) is 0 Å². The van der Waals surface area contributed by atoms with Crippen LogP contribution in [-0.2, 0) is 0 Å². The van der Waals surface area contributed by atoms with Gasteiger partial charge in [-0.05, 0) is 6.42 Å². The summed E-state index contributed by atoms with van der Waals surface area (Å²) in [6, 6.07) is 0. The molecule has 1 aliphatic rings. The minimum absolute atomic E-state index is 0.132. The molecule has 1 nitrogen and oxygen atoms in total. The maximum absolute atomic E-state index is 12.3. The Labute approximate surface area is 80.2 Å². The normalized spacial score (nSPS) is 27.7. The average Bonchev–Trinajstić information content (AvgIpc) is 2.76. The van der Waals surface area contributed by atoms with Crippen LogP contribution in [0.5, 0.6) is 0 Å². The molecule has 0 bridgehead atoms. The van der Waals surface area contributed by atoms with Crippen LogP contribution >= 0.6 is 0 Å². The maximum Gasteiger partial charge on any atom is 0.256 e. The molecular formula is C10H22F2O. The van der Waals surface area contributed by atoms with Crippen molar-refractivity contribution in [2.45, 2.75) is 53.4 Å². The van der Waals surface area contributed by atoms with E-state index in [0.29, 0.717) is 6.42 Å². The van der Waals surface area contributed by atoms with Crippen LogP contribution in [-0.4, -0.2) is 17.6 Å². The largest absolute Gasteiger partial charge is 0.396 e. The highest BCUT2D eigenvalue weighted by Crippen LogP contribution is 2.62. The van der Waals surface area contributed by atoms with Gasteiger partial charge in [-0.1, -0.05) is 34.6 Å². The van der Waals surface area contributed by atoms with Crippen molar-refractivity contribution in [3.63, 3.8) is 0 Å². The molecule has 0 aromatic rings. The molecule has 1 atom stereocenters. The number of hydrogen-bond donors (Lipinski definition) is 1. The lowest BCUT2D eigenvalue weighted by molar-refractivity contribution is 0.0351. The second-order valence-electron chi connectivity index (χ2n) is 2.67. The van der Waals surface area contributed by atoms with E-state index < -0.39 is 11.3 Å². The second kappa shape index (κ2) is 6.30. The molecule has 1 aliphatic carbocycles. The van der Waals surface area contributed by atoms with Gasteiger partial charge < -0.3 is 5.11 Å². The maximum atomic E-state index is 12.3. The van der Waals surface area contributed by atoms with Gasteiger partial charge in [-0.3, -0.25) is 0 Å². The standard InChI is InChI=1S/C6H10F2O.2C2H6/c1-2-5(4-9)3-6(5,7)8;2*1-2/h9H,2-4H2,1H3;2*1-2H3. The predicted molar refractivity (Wildman–Crippen MR) is 52.1 cm³/mol. The van der Waals surface area contributed by atoms with Gasteiger partial charge in [-0.15, -0.1) is 0 Å². The number of aliphatic hydroxyl groups excluding tert-OH is 1. The molecule has 0 radical (unpaired) electrons. The summed E-state index contributed by atoms with van der Waals surface area (Å²) in [6.45, 7) is 9.30. The van der Waals surface area contributed by atoms with Crippen molar-refractivity contribution in [1.82, 2.24) is 0 Å². The molecule has 0 aliphatic heterocycles. The zero-order valence-electron chi connectivity index (χ0n) is 9.32. The third-order valence-corrected chi connectivity index (χ3v) is 2.19. The summed E-state index contributed by atoms with van der Waals surface area (Å²) in [4.78, 5) is 0. The molecule has 1 unspecified atom stereocenters. The topological polar surface area (TPSA) is 20.2 Å². The van der Waals surface area contributed by atoms with E-state index in [9.17, 15) is 8.78 Å². The van der Waals surface area contributed by atoms with Crippen LogP contribution in [0.4, 0.5) is 8.78 Å². The summed E-state index contributed by atoms with van der Waals surface area (Å²) in [5.41, 5.74) is -1.05. The van der Waals surface area contributed by atoms with Gasteiger partial charge >= 0.3 is 0 Å². The lowest BCUT2D eigenvalue weighted by atomic mass is 10.1. The molecule has 13 heavy (non-hydrogen) atoms. The number of hydrogen-bond acceptors (Lipinski definition) is 1. The summed E-state index contributed by atoms with van der Waals surface area (Å²) in [5, 5.41) is 8.51. The first kappa shape index (κ1) is 15.3. The molecule has 0 saturated heterocycles. The van der Waals surface area contributed by atoms with Crippen molar-refractivity contribution in [3.8, 4) is 0 Å². The van der Waals surface area contributed by atoms with Crippen LogP contribution in [0.1, 0.15) is 47.5 Å². The SMILES string of the molecule is CC.CC.CCC1(CO)CC1(F)F. The summed E-state index contributed by atoms with van der Waals surface area (Å²) >= 11 is 0. The molecule has 1 rings (SSSR count). The molecule has 1 saturated carbocycles. The summed E-state index contributed by atoms with van der Waals surface area (Å²) in [5.74, 6) is -2.59. The zero-order valence-corrected chi connectivity index (χ0v) is 9.32. The fourth-order valence-electron chi connectivity index (χ4n) is 1.05. The highest BCUT2D eigenvalue weighted by Gasteiger charge is 2.69. The molecule has 0 aromatic carbocycles. The molecule has 0 aromatic heterocycles. The quantitative estimate of drug-likeness (QED) is 0.717. The smallest absolute Gasteiger partial charge is 0.256 e. The van der Waals surface area contributed by atoms with E-state index in [0.717, 1.165) is 0 Å². The molecule has 3 heteroatoms. The first-order chi connectivity index (χ1) is 6.08. The first-order valence-electron chi connectivity index (χ1n) is 5.07. The van der Waals surface area contributed by atoms with Gasteiger partial charge in [0.2, 0.25) is 0 Å². The Kier molecular flexibility index (Phi) is 7.41. The van der Waals surface area contributed by atoms with Crippen molar-refractivity contribution in [1.29, 1.82) is 0 Å². The van der Waals surface area contributed by atoms with Gasteiger partial charge in [0, 0.05) is 6.42 Å². The number of alkyl halides is 2. The Bertz CT molecular complexity index is 120. The van der Waals surface area contributed by atoms with Gasteiger partial charge in [0.1, 0.15) is 0 Å². The van der Waals surface area contributed by atoms with Gasteiger partial charge in [0.25, 0.3) is 5.92 Å². The minimum atomic E-state index is -2.59. The van der Waals surface area contributed by atoms with Gasteiger partial charge in [-0.25, -0.2) is 8.78 Å². The third kappa shape index (κ3) is 3.22. The molecule has 0 heterocycles. The van der Waals surface area contributed by atoms with Crippen molar-refractivity contribution in [2.75, 3.05) is 6.61 Å². The van der Waals surface area contributed by atoms with Crippen molar-refractivity contribution in [3.05, 3.63) is 0 Å². The van der Waals surface area contributed by atoms with Crippen LogP contribution in [0, 0.1) is 5.41 Å². The molecule has 0 spiro atoms. The minimum Gasteiger partial charge on any atom is -0.396 e. The average molecular weight is 196 g/mol. The van der Waals surface area contributed by atoms with Gasteiger partial charge in [0.15, 0.2) is 0 Å². The number of aliphatic hydroxyl groups is 1. The molecular weight excluding hydrogens is 174 g/mol. The van der Waals surface area contributed by atoms with Crippen LogP contribution in [0.15, 0.2) is 0 Å². The van der Waals surface area contributed by atoms with Crippen LogP contribution in [0.3, 0.4) is 0 Å². The highest BCUT2D eigenvalue weighted by atomic mass is 19.3. The van der Waals surface area contributed by atoms with E-state index in [1.165, 1.54) is 0 Å². The Hall–Kier alpha value is -0.180. The van der Waals surface area contributed by atoms with Crippen molar-refractivity contribution >= 4 is 0 Å². The van der Waals surface area contributed by atoms with Crippen molar-refractivity contribution in [2.24, 2.45) is 5.41 Å². The van der Waals surface area contributed by atoms with E-state index in [2.05, 4.69) is 0 Å². The summed E-state index contributed by atoms with van der Waals surface area (Å²) in [7, 11) is 0. The molecule has 1 fully saturated rings. The van der Waals surface area contributed by atoms with Crippen molar-refractivity contribution < 1.29 is 13.9 Å². The van der Waals surface area contributed by atoms with E-state index in [-0.39, 0.29) is 13.0 Å². The molecule has 82 valence electrons. The number of rotatable bonds is 2. The van der Waals surface area contributed by atoms with Crippen LogP contribution in [0.2, 0.25) is 0 Å². The van der Waals surface area contributed by atoms with E-state index in [1.807, 2.05) is 27.7 Å². The fourth-order valence-corrected chi connectivity index (χ4v) is 1.05. The highest BCUT2D eigenvalue weighted by molar-refractivity contribution is 5.08. The first-order valence-corrected chi connectivity index (χ1v) is 5.07. The Morgan fingerprint density at radius 2 is 1.46 bits per heavy atom. The fraction of sp³-hybridized carbons (Fsp3) is 1.00. The Morgan fingerprint density at radius 1 is 1.15 bits per heavy atom. The van der Waals surface area contributed by atoms with E-state index >= 15 is 0 Å². The summed E-state index contributed by atoms with van der Waals surface area (Å²) in [6.07, 6.45) is 0.240. The lowest BCUT2D eigenvalue weighted by Crippen LogP contribution is -2.14. The van der Waals surface area contributed by atoms with Gasteiger partial charge in [0.05, 0.1) is 12.0 Å². The molecule has 1 N–H and O–H groups in total. The predicted octanol–water partition coefficient (Wildman–Crippen LogP) is 3.47. The zero-order chi connectivity index (χ0) is 11.1. The number of halogens is 2. The molecule has 0 amide bonds. The van der Waals surface area contributed by atoms with E-state index in [4.69, 9.17) is 5.11 Å². The second-order valence-corrected chi connectivity index (χ2v) is 2.67. The van der Waals surface area contributed by atoms with Crippen LogP contribution < -0.4 is 0 Å². The monoisotopic (exact) mass is 196 g/mol. The third-order valence-electron chi connectivity index (χ3n) is 2.19. The lowest BCUT2D eigenvalue weighted by Gasteiger charge is -2.07. The van der Waals surface area contributed by atoms with Gasteiger partial charge in [-0.2, -0.15) is 0 Å².